The number of Topliss-reactive ketones (excluding diaryl/α,β-unsaturated/α-hetero) is 1. The molecule has 0 saturated heterocycles. The lowest BCUT2D eigenvalue weighted by molar-refractivity contribution is -0.872. The smallest absolute Gasteiger partial charge is 0.394 e. The highest BCUT2D eigenvalue weighted by molar-refractivity contribution is 7.47. The van der Waals surface area contributed by atoms with Crippen LogP contribution in [0, 0.1) is 0 Å². The van der Waals surface area contributed by atoms with Crippen molar-refractivity contribution in [2.75, 3.05) is 40.9 Å². The molecule has 0 aliphatic carbocycles. The topological polar surface area (TPSA) is 113 Å². The van der Waals surface area contributed by atoms with Crippen molar-refractivity contribution < 1.29 is 38.0 Å². The Morgan fingerprint density at radius 1 is 0.610 bits per heavy atom. The van der Waals surface area contributed by atoms with Gasteiger partial charge in [-0.05, 0) is 37.7 Å². The van der Waals surface area contributed by atoms with Crippen LogP contribution in [-0.4, -0.2) is 78.5 Å². The minimum absolute atomic E-state index is 0.0621. The maximum absolute atomic E-state index is 14.3. The van der Waals surface area contributed by atoms with E-state index in [1.54, 1.807) is 0 Å². The molecule has 0 radical (unpaired) electrons. The molecule has 0 aromatic rings. The summed E-state index contributed by atoms with van der Waals surface area (Å²) in [6.07, 6.45) is 47.1. The fraction of sp³-hybridized carbons (Fsp3) is 0.740. The van der Waals surface area contributed by atoms with Gasteiger partial charge in [0.1, 0.15) is 18.8 Å². The highest BCUT2D eigenvalue weighted by atomic mass is 31.2. The van der Waals surface area contributed by atoms with Gasteiger partial charge in [-0.3, -0.25) is 13.8 Å². The zero-order chi connectivity index (χ0) is 43.9. The first-order chi connectivity index (χ1) is 28.4. The van der Waals surface area contributed by atoms with Crippen LogP contribution < -0.4 is 0 Å². The Balaban J connectivity index is 6.33. The third-order valence-electron chi connectivity index (χ3n) is 10.3. The molecular weight excluding hydrogens is 758 g/mol. The molecule has 0 spiro atoms. The Hall–Kier alpha value is -1.90. The van der Waals surface area contributed by atoms with Crippen LogP contribution in [0.3, 0.4) is 0 Å². The summed E-state index contributed by atoms with van der Waals surface area (Å²) in [5.74, 6) is 0.0621. The molecule has 0 aliphatic heterocycles. The SMILES string of the molecule is CCCCCCCCCC=CC=CC=CC=CC=CC(=C(CCCCCCCCCC)C(=O)CCCCCCCCCC)C(C[N+](C)(C)C)OP(=O)(O)OC[C@H](O)CO. The van der Waals surface area contributed by atoms with Crippen LogP contribution in [0.1, 0.15) is 188 Å². The van der Waals surface area contributed by atoms with Gasteiger partial charge in [0.05, 0.1) is 34.4 Å². The zero-order valence-electron chi connectivity index (χ0n) is 38.8. The number of carbonyl (C=O) groups is 1. The van der Waals surface area contributed by atoms with Crippen LogP contribution in [0.25, 0.3) is 0 Å². The molecule has 3 atom stereocenters. The van der Waals surface area contributed by atoms with Crippen LogP contribution in [0.5, 0.6) is 0 Å². The lowest BCUT2D eigenvalue weighted by Crippen LogP contribution is -2.43. The number of hydrogen-bond acceptors (Lipinski definition) is 6. The van der Waals surface area contributed by atoms with Gasteiger partial charge in [-0.1, -0.05) is 210 Å². The first kappa shape index (κ1) is 57.1. The van der Waals surface area contributed by atoms with Gasteiger partial charge in [0, 0.05) is 12.0 Å². The second-order valence-corrected chi connectivity index (χ2v) is 18.7. The maximum Gasteiger partial charge on any atom is 0.473 e. The third-order valence-corrected chi connectivity index (χ3v) is 11.3. The van der Waals surface area contributed by atoms with Gasteiger partial charge in [-0.2, -0.15) is 0 Å². The van der Waals surface area contributed by atoms with E-state index in [2.05, 4.69) is 32.9 Å². The third kappa shape index (κ3) is 36.5. The molecule has 342 valence electrons. The number of likely N-dealkylation sites (N-methyl/N-ethyl adjacent to an activating group) is 1. The number of nitrogens with zero attached hydrogens (tertiary/aromatic N) is 1. The van der Waals surface area contributed by atoms with E-state index in [4.69, 9.17) is 9.05 Å². The largest absolute Gasteiger partial charge is 0.473 e. The van der Waals surface area contributed by atoms with Crippen LogP contribution >= 0.6 is 7.82 Å². The van der Waals surface area contributed by atoms with Crippen molar-refractivity contribution in [3.63, 3.8) is 0 Å². The number of phosphoric acid groups is 1. The first-order valence-corrected chi connectivity index (χ1v) is 25.2. The molecule has 0 aromatic carbocycles. The fourth-order valence-electron chi connectivity index (χ4n) is 6.90. The van der Waals surface area contributed by atoms with E-state index in [1.807, 2.05) is 69.8 Å². The summed E-state index contributed by atoms with van der Waals surface area (Å²) in [5, 5.41) is 19.1. The molecule has 0 fully saturated rings. The van der Waals surface area contributed by atoms with E-state index in [9.17, 15) is 24.5 Å². The molecule has 3 N–H and O–H groups in total. The number of hydrogen-bond donors (Lipinski definition) is 3. The number of ketones is 1. The second kappa shape index (κ2) is 39.0. The van der Waals surface area contributed by atoms with Crippen LogP contribution in [-0.2, 0) is 18.4 Å². The van der Waals surface area contributed by atoms with Gasteiger partial charge in [-0.15, -0.1) is 0 Å². The Morgan fingerprint density at radius 2 is 1.03 bits per heavy atom. The van der Waals surface area contributed by atoms with Crippen molar-refractivity contribution >= 4 is 13.6 Å². The van der Waals surface area contributed by atoms with Gasteiger partial charge in [-0.25, -0.2) is 4.57 Å². The molecule has 0 aliphatic rings. The van der Waals surface area contributed by atoms with E-state index in [0.717, 1.165) is 44.9 Å². The van der Waals surface area contributed by atoms with Gasteiger partial charge in [0.2, 0.25) is 0 Å². The normalized spacial score (nSPS) is 15.3. The molecule has 59 heavy (non-hydrogen) atoms. The average Bonchev–Trinajstić information content (AvgIpc) is 3.19. The van der Waals surface area contributed by atoms with E-state index in [-0.39, 0.29) is 5.78 Å². The highest BCUT2D eigenvalue weighted by Gasteiger charge is 2.34. The Kier molecular flexibility index (Phi) is 37.7. The van der Waals surface area contributed by atoms with Crippen molar-refractivity contribution in [1.29, 1.82) is 0 Å². The van der Waals surface area contributed by atoms with Crippen LogP contribution in [0.15, 0.2) is 71.9 Å². The van der Waals surface area contributed by atoms with Gasteiger partial charge in [0.25, 0.3) is 0 Å². The first-order valence-electron chi connectivity index (χ1n) is 23.7. The van der Waals surface area contributed by atoms with Crippen molar-refractivity contribution in [1.82, 2.24) is 0 Å². The number of unbranched alkanes of at least 4 members (excludes halogenated alkanes) is 21. The summed E-state index contributed by atoms with van der Waals surface area (Å²) in [6.45, 7) is 5.83. The summed E-state index contributed by atoms with van der Waals surface area (Å²) in [4.78, 5) is 25.1. The predicted octanol–water partition coefficient (Wildman–Crippen LogP) is 13.4. The van der Waals surface area contributed by atoms with Gasteiger partial charge >= 0.3 is 7.82 Å². The fourth-order valence-corrected chi connectivity index (χ4v) is 7.82. The summed E-state index contributed by atoms with van der Waals surface area (Å²) in [6, 6.07) is 0. The Labute approximate surface area is 363 Å². The highest BCUT2D eigenvalue weighted by Crippen LogP contribution is 2.46. The molecule has 0 amide bonds. The number of quaternary nitrogens is 1. The number of phosphoric ester groups is 1. The van der Waals surface area contributed by atoms with E-state index >= 15 is 0 Å². The standard InChI is InChI=1S/C50H90NO7P/c1-7-10-13-16-19-22-23-24-25-26-27-28-29-30-32-35-38-41-48(50(43-51(4,5)6)58-59(55,56)57-45-46(53)44-52)47(40-37-34-31-20-17-14-11-8-2)49(54)42-39-36-33-21-18-15-12-9-3/h25-30,32,35,38,41,46,50,52-53H,7-24,31,33-34,36-37,39-40,42-45H2,1-6H3/p+1/t46-,50?/m1/s1. The number of allylic oxidation sites excluding steroid dienone is 10. The van der Waals surface area contributed by atoms with E-state index in [1.165, 1.54) is 109 Å². The summed E-state index contributed by atoms with van der Waals surface area (Å²) < 4.78 is 24.8. The Bertz CT molecular complexity index is 1250. The van der Waals surface area contributed by atoms with Gasteiger partial charge in [0.15, 0.2) is 5.78 Å². The Morgan fingerprint density at radius 3 is 1.51 bits per heavy atom. The predicted molar refractivity (Wildman–Crippen MR) is 251 cm³/mol. The summed E-state index contributed by atoms with van der Waals surface area (Å²) in [7, 11) is 1.22. The minimum atomic E-state index is -4.70. The minimum Gasteiger partial charge on any atom is -0.394 e. The molecule has 8 nitrogen and oxygen atoms in total. The van der Waals surface area contributed by atoms with E-state index < -0.39 is 33.2 Å². The molecule has 0 saturated carbocycles. The van der Waals surface area contributed by atoms with E-state index in [0.29, 0.717) is 35.0 Å². The molecule has 0 heterocycles. The molecule has 0 aromatic heterocycles. The number of aliphatic hydroxyl groups is 2. The van der Waals surface area contributed by atoms with Crippen molar-refractivity contribution in [2.24, 2.45) is 0 Å². The molecule has 9 heteroatoms. The average molecular weight is 849 g/mol. The van der Waals surface area contributed by atoms with Crippen LogP contribution in [0.4, 0.5) is 0 Å². The quantitative estimate of drug-likeness (QED) is 0.0185. The second-order valence-electron chi connectivity index (χ2n) is 17.3. The maximum atomic E-state index is 14.3. The number of rotatable bonds is 41. The number of carbonyl (C=O) groups excluding carboxylic acids is 1. The van der Waals surface area contributed by atoms with Crippen molar-refractivity contribution in [2.45, 2.75) is 200 Å². The lowest BCUT2D eigenvalue weighted by Gasteiger charge is -2.31. The summed E-state index contributed by atoms with van der Waals surface area (Å²) >= 11 is 0. The van der Waals surface area contributed by atoms with Crippen molar-refractivity contribution in [3.8, 4) is 0 Å². The van der Waals surface area contributed by atoms with Gasteiger partial charge < -0.3 is 19.6 Å². The monoisotopic (exact) mass is 849 g/mol. The summed E-state index contributed by atoms with van der Waals surface area (Å²) in [5.41, 5.74) is 1.24. The number of aliphatic hydroxyl groups excluding tert-OH is 2. The molecular formula is C50H91NO7P+. The molecule has 2 unspecified atom stereocenters. The van der Waals surface area contributed by atoms with Crippen molar-refractivity contribution in [3.05, 3.63) is 71.9 Å². The molecule has 0 rings (SSSR count). The van der Waals surface area contributed by atoms with Crippen LogP contribution in [0.2, 0.25) is 0 Å². The zero-order valence-corrected chi connectivity index (χ0v) is 39.7. The molecule has 0 bridgehead atoms. The lowest BCUT2D eigenvalue weighted by atomic mass is 9.91.